The van der Waals surface area contributed by atoms with Gasteiger partial charge in [0.2, 0.25) is 0 Å². The van der Waals surface area contributed by atoms with Gasteiger partial charge in [-0.15, -0.1) is 0 Å². The maximum atomic E-state index is 12.4. The number of imidazole rings is 1. The van der Waals surface area contributed by atoms with Gasteiger partial charge in [0.15, 0.2) is 10.6 Å². The van der Waals surface area contributed by atoms with E-state index in [4.69, 9.17) is 17.0 Å². The molecule has 0 bridgehead atoms. The molecule has 3 rings (SSSR count). The molecule has 0 aliphatic rings. The molecule has 1 N–H and O–H groups in total. The number of hydrogen-bond acceptors (Lipinski definition) is 3. The van der Waals surface area contributed by atoms with E-state index in [1.54, 1.807) is 31.4 Å². The van der Waals surface area contributed by atoms with Crippen LogP contribution in [0, 0.1) is 4.77 Å². The highest BCUT2D eigenvalue weighted by Gasteiger charge is 2.10. The van der Waals surface area contributed by atoms with Crippen molar-refractivity contribution in [3.8, 4) is 5.75 Å². The number of para-hydroxylation sites is 2. The van der Waals surface area contributed by atoms with E-state index in [-0.39, 0.29) is 12.3 Å². The maximum absolute atomic E-state index is 12.4. The fraction of sp³-hybridized carbons (Fsp3) is 0.125. The number of hydrogen-bond donors (Lipinski definition) is 1. The minimum atomic E-state index is 0.0125. The first-order chi connectivity index (χ1) is 10.2. The number of ketones is 1. The average molecular weight is 298 g/mol. The number of methoxy groups -OCH3 is 1. The van der Waals surface area contributed by atoms with Gasteiger partial charge in [0.25, 0.3) is 0 Å². The largest absolute Gasteiger partial charge is 0.497 e. The zero-order valence-corrected chi connectivity index (χ0v) is 12.3. The van der Waals surface area contributed by atoms with Gasteiger partial charge < -0.3 is 14.3 Å². The minimum Gasteiger partial charge on any atom is -0.497 e. The lowest BCUT2D eigenvalue weighted by Crippen LogP contribution is -2.10. The van der Waals surface area contributed by atoms with E-state index in [0.29, 0.717) is 10.3 Å². The Balaban J connectivity index is 1.92. The van der Waals surface area contributed by atoms with E-state index >= 15 is 0 Å². The number of carbonyl (C=O) groups excluding carboxylic acids is 1. The first kappa shape index (κ1) is 13.6. The summed E-state index contributed by atoms with van der Waals surface area (Å²) >= 11 is 5.30. The van der Waals surface area contributed by atoms with Crippen LogP contribution in [0.4, 0.5) is 0 Å². The Morgan fingerprint density at radius 2 is 1.90 bits per heavy atom. The quantitative estimate of drug-likeness (QED) is 0.591. The van der Waals surface area contributed by atoms with Crippen molar-refractivity contribution in [3.63, 3.8) is 0 Å². The molecule has 5 heteroatoms. The summed E-state index contributed by atoms with van der Waals surface area (Å²) in [6, 6.07) is 14.8. The Hall–Kier alpha value is -2.40. The van der Waals surface area contributed by atoms with Crippen LogP contribution >= 0.6 is 12.2 Å². The molecular formula is C16H14N2O2S. The molecule has 1 heterocycles. The number of carbonyl (C=O) groups is 1. The molecule has 0 amide bonds. The molecule has 0 unspecified atom stereocenters. The Labute approximate surface area is 127 Å². The van der Waals surface area contributed by atoms with Gasteiger partial charge in [-0.25, -0.2) is 0 Å². The second-order valence-corrected chi connectivity index (χ2v) is 5.07. The normalized spacial score (nSPS) is 10.7. The lowest BCUT2D eigenvalue weighted by atomic mass is 10.1. The van der Waals surface area contributed by atoms with E-state index in [1.165, 1.54) is 0 Å². The lowest BCUT2D eigenvalue weighted by molar-refractivity contribution is 0.0973. The molecule has 3 aromatic rings. The third kappa shape index (κ3) is 2.60. The van der Waals surface area contributed by atoms with Crippen molar-refractivity contribution in [2.45, 2.75) is 6.54 Å². The number of nitrogens with one attached hydrogen (secondary N) is 1. The Morgan fingerprint density at radius 1 is 1.19 bits per heavy atom. The zero-order valence-electron chi connectivity index (χ0n) is 11.5. The minimum absolute atomic E-state index is 0.0125. The molecular weight excluding hydrogens is 284 g/mol. The van der Waals surface area contributed by atoms with Gasteiger partial charge in [-0.05, 0) is 48.6 Å². The van der Waals surface area contributed by atoms with Gasteiger partial charge in [-0.3, -0.25) is 4.79 Å². The Kier molecular flexibility index (Phi) is 3.58. The van der Waals surface area contributed by atoms with Gasteiger partial charge in [0.05, 0.1) is 24.7 Å². The highest BCUT2D eigenvalue weighted by Crippen LogP contribution is 2.16. The number of aromatic nitrogens is 2. The lowest BCUT2D eigenvalue weighted by Gasteiger charge is -2.05. The van der Waals surface area contributed by atoms with Crippen LogP contribution < -0.4 is 4.74 Å². The summed E-state index contributed by atoms with van der Waals surface area (Å²) in [6.07, 6.45) is 0. The highest BCUT2D eigenvalue weighted by molar-refractivity contribution is 7.71. The van der Waals surface area contributed by atoms with Crippen LogP contribution in [0.15, 0.2) is 48.5 Å². The molecule has 0 aliphatic heterocycles. The number of nitrogens with zero attached hydrogens (tertiary/aromatic N) is 1. The zero-order chi connectivity index (χ0) is 14.8. The second kappa shape index (κ2) is 5.54. The molecule has 21 heavy (non-hydrogen) atoms. The third-order valence-corrected chi connectivity index (χ3v) is 3.72. The molecule has 0 saturated carbocycles. The number of ether oxygens (including phenoxy) is 1. The molecule has 106 valence electrons. The Bertz CT molecular complexity index is 847. The molecule has 0 fully saturated rings. The molecule has 0 saturated heterocycles. The second-order valence-electron chi connectivity index (χ2n) is 4.69. The molecule has 2 aromatic carbocycles. The first-order valence-corrected chi connectivity index (χ1v) is 6.94. The number of H-pyrrole nitrogens is 1. The van der Waals surface area contributed by atoms with Crippen LogP contribution in [0.25, 0.3) is 11.0 Å². The van der Waals surface area contributed by atoms with Gasteiger partial charge in [-0.2, -0.15) is 0 Å². The van der Waals surface area contributed by atoms with Gasteiger partial charge in [0.1, 0.15) is 5.75 Å². The summed E-state index contributed by atoms with van der Waals surface area (Å²) in [6.45, 7) is 0.217. The van der Waals surface area contributed by atoms with E-state index in [1.807, 2.05) is 28.8 Å². The standard InChI is InChI=1S/C16H14N2O2S/c1-20-12-8-6-11(7-9-12)15(19)10-18-14-5-3-2-4-13(14)17-16(18)21/h2-9H,10H2,1H3,(H,17,21). The molecule has 1 aromatic heterocycles. The molecule has 0 spiro atoms. The predicted molar refractivity (Wildman–Crippen MR) is 84.4 cm³/mol. The van der Waals surface area contributed by atoms with Crippen molar-refractivity contribution in [1.29, 1.82) is 0 Å². The topological polar surface area (TPSA) is 47.0 Å². The monoisotopic (exact) mass is 298 g/mol. The van der Waals surface area contributed by atoms with Crippen LogP contribution in [0.2, 0.25) is 0 Å². The first-order valence-electron chi connectivity index (χ1n) is 6.54. The van der Waals surface area contributed by atoms with E-state index in [9.17, 15) is 4.79 Å². The Morgan fingerprint density at radius 3 is 2.62 bits per heavy atom. The fourth-order valence-electron chi connectivity index (χ4n) is 2.28. The SMILES string of the molecule is COc1ccc(C(=O)Cn2c(=S)[nH]c3ccccc32)cc1. The van der Waals surface area contributed by atoms with Crippen LogP contribution in [-0.2, 0) is 6.54 Å². The van der Waals surface area contributed by atoms with Crippen molar-refractivity contribution < 1.29 is 9.53 Å². The number of Topliss-reactive ketones (excluding diaryl/α,β-unsaturated/α-hetero) is 1. The summed E-state index contributed by atoms with van der Waals surface area (Å²) in [7, 11) is 1.60. The summed E-state index contributed by atoms with van der Waals surface area (Å²) in [5, 5.41) is 0. The van der Waals surface area contributed by atoms with Crippen molar-refractivity contribution in [1.82, 2.24) is 9.55 Å². The highest BCUT2D eigenvalue weighted by atomic mass is 32.1. The van der Waals surface area contributed by atoms with Crippen LogP contribution in [0.5, 0.6) is 5.75 Å². The van der Waals surface area contributed by atoms with Crippen LogP contribution in [-0.4, -0.2) is 22.4 Å². The number of rotatable bonds is 4. The average Bonchev–Trinajstić information content (AvgIpc) is 2.83. The summed E-state index contributed by atoms with van der Waals surface area (Å²) in [4.78, 5) is 15.5. The van der Waals surface area contributed by atoms with Crippen molar-refractivity contribution in [2.24, 2.45) is 0 Å². The molecule has 0 atom stereocenters. The number of benzene rings is 2. The van der Waals surface area contributed by atoms with E-state index in [2.05, 4.69) is 4.98 Å². The van der Waals surface area contributed by atoms with Crippen molar-refractivity contribution >= 4 is 29.0 Å². The maximum Gasteiger partial charge on any atom is 0.182 e. The fourth-order valence-corrected chi connectivity index (χ4v) is 2.55. The van der Waals surface area contributed by atoms with Gasteiger partial charge in [-0.1, -0.05) is 12.1 Å². The van der Waals surface area contributed by atoms with Crippen molar-refractivity contribution in [3.05, 3.63) is 58.9 Å². The molecule has 0 radical (unpaired) electrons. The summed E-state index contributed by atoms with van der Waals surface area (Å²) < 4.78 is 7.46. The van der Waals surface area contributed by atoms with Gasteiger partial charge in [0, 0.05) is 5.56 Å². The van der Waals surface area contributed by atoms with E-state index < -0.39 is 0 Å². The van der Waals surface area contributed by atoms with E-state index in [0.717, 1.165) is 16.8 Å². The number of fused-ring (bicyclic) bond motifs is 1. The summed E-state index contributed by atoms with van der Waals surface area (Å²) in [5.74, 6) is 0.744. The van der Waals surface area contributed by atoms with Gasteiger partial charge >= 0.3 is 0 Å². The number of aromatic amines is 1. The molecule has 0 aliphatic carbocycles. The van der Waals surface area contributed by atoms with Crippen molar-refractivity contribution in [2.75, 3.05) is 7.11 Å². The van der Waals surface area contributed by atoms with Crippen LogP contribution in [0.1, 0.15) is 10.4 Å². The third-order valence-electron chi connectivity index (χ3n) is 3.40. The molecule has 4 nitrogen and oxygen atoms in total. The summed E-state index contributed by atoms with van der Waals surface area (Å²) in [5.41, 5.74) is 2.51. The predicted octanol–water partition coefficient (Wildman–Crippen LogP) is 3.59. The van der Waals surface area contributed by atoms with Crippen LogP contribution in [0.3, 0.4) is 0 Å². The smallest absolute Gasteiger partial charge is 0.182 e.